The Hall–Kier alpha value is -0.270. The van der Waals surface area contributed by atoms with E-state index in [1.54, 1.807) is 42.5 Å². The summed E-state index contributed by atoms with van der Waals surface area (Å²) in [7, 11) is 1.66. The van der Waals surface area contributed by atoms with E-state index in [2.05, 4.69) is 34.4 Å². The maximum Gasteiger partial charge on any atom is 0.206 e. The standard InChI is InChI=1S/C12H11BrO2P2S/c13-8-1-3-9(4-2-8)18(14,15)10-5-6-11(16)12(17)7-10/h1-7H,16-17H2. The van der Waals surface area contributed by atoms with Gasteiger partial charge >= 0.3 is 0 Å². The molecular weight excluding hydrogens is 350 g/mol. The van der Waals surface area contributed by atoms with Crippen LogP contribution in [0.2, 0.25) is 0 Å². The average molecular weight is 361 g/mol. The fourth-order valence-electron chi connectivity index (χ4n) is 1.47. The Morgan fingerprint density at radius 1 is 0.833 bits per heavy atom. The summed E-state index contributed by atoms with van der Waals surface area (Å²) in [6, 6.07) is 11.7. The molecule has 2 aromatic carbocycles. The van der Waals surface area contributed by atoms with E-state index >= 15 is 0 Å². The molecule has 0 saturated heterocycles. The highest BCUT2D eigenvalue weighted by atomic mass is 79.9. The van der Waals surface area contributed by atoms with Crippen molar-refractivity contribution in [3.8, 4) is 0 Å². The van der Waals surface area contributed by atoms with Crippen molar-refractivity contribution in [3.63, 3.8) is 0 Å². The van der Waals surface area contributed by atoms with Crippen molar-refractivity contribution in [1.29, 1.82) is 0 Å². The van der Waals surface area contributed by atoms with Crippen LogP contribution in [-0.4, -0.2) is 8.42 Å². The molecule has 2 unspecified atom stereocenters. The van der Waals surface area contributed by atoms with Gasteiger partial charge in [0, 0.05) is 4.47 Å². The van der Waals surface area contributed by atoms with Gasteiger partial charge in [0.2, 0.25) is 9.84 Å². The quantitative estimate of drug-likeness (QED) is 0.770. The van der Waals surface area contributed by atoms with Crippen LogP contribution in [0.15, 0.2) is 56.7 Å². The lowest BCUT2D eigenvalue weighted by Crippen LogP contribution is -2.13. The maximum atomic E-state index is 12.4. The highest BCUT2D eigenvalue weighted by molar-refractivity contribution is 9.10. The van der Waals surface area contributed by atoms with Crippen LogP contribution in [0, 0.1) is 0 Å². The first-order valence-corrected chi connectivity index (χ1v) is 8.50. The second-order valence-electron chi connectivity index (χ2n) is 3.75. The van der Waals surface area contributed by atoms with Gasteiger partial charge < -0.3 is 0 Å². The molecule has 0 aromatic heterocycles. The molecule has 6 heteroatoms. The Morgan fingerprint density at radius 3 is 1.94 bits per heavy atom. The van der Waals surface area contributed by atoms with Gasteiger partial charge in [-0.25, -0.2) is 8.42 Å². The van der Waals surface area contributed by atoms with E-state index in [1.165, 1.54) is 0 Å². The van der Waals surface area contributed by atoms with Crippen molar-refractivity contribution in [2.45, 2.75) is 9.79 Å². The molecule has 0 radical (unpaired) electrons. The monoisotopic (exact) mass is 360 g/mol. The molecule has 94 valence electrons. The smallest absolute Gasteiger partial charge is 0.206 e. The number of sulfone groups is 1. The predicted molar refractivity (Wildman–Crippen MR) is 84.7 cm³/mol. The molecule has 0 aliphatic carbocycles. The second-order valence-corrected chi connectivity index (χ2v) is 7.86. The molecule has 2 aromatic rings. The lowest BCUT2D eigenvalue weighted by Gasteiger charge is -2.07. The van der Waals surface area contributed by atoms with Crippen LogP contribution >= 0.6 is 34.4 Å². The molecule has 0 spiro atoms. The van der Waals surface area contributed by atoms with Gasteiger partial charge in [-0.3, -0.25) is 0 Å². The van der Waals surface area contributed by atoms with E-state index in [0.29, 0.717) is 9.79 Å². The first kappa shape index (κ1) is 14.1. The first-order valence-electron chi connectivity index (χ1n) is 5.07. The summed E-state index contributed by atoms with van der Waals surface area (Å²) in [5, 5.41) is 1.83. The molecule has 2 nitrogen and oxygen atoms in total. The molecule has 0 heterocycles. The molecular formula is C12H11BrO2P2S. The highest BCUT2D eigenvalue weighted by Gasteiger charge is 2.17. The fraction of sp³-hybridized carbons (Fsp3) is 0. The highest BCUT2D eigenvalue weighted by Crippen LogP contribution is 2.22. The molecule has 0 N–H and O–H groups in total. The summed E-state index contributed by atoms with van der Waals surface area (Å²) in [5.74, 6) is 0. The Balaban J connectivity index is 2.54. The molecule has 0 amide bonds. The zero-order chi connectivity index (χ0) is 13.3. The summed E-state index contributed by atoms with van der Waals surface area (Å²) in [6.07, 6.45) is 0. The van der Waals surface area contributed by atoms with Crippen molar-refractivity contribution < 1.29 is 8.42 Å². The number of benzene rings is 2. The van der Waals surface area contributed by atoms with Crippen LogP contribution in [0.1, 0.15) is 0 Å². The van der Waals surface area contributed by atoms with Gasteiger partial charge in [0.05, 0.1) is 9.79 Å². The molecule has 18 heavy (non-hydrogen) atoms. The summed E-state index contributed by atoms with van der Waals surface area (Å²) in [4.78, 5) is 0.604. The Kier molecular flexibility index (Phi) is 4.23. The topological polar surface area (TPSA) is 34.1 Å². The van der Waals surface area contributed by atoms with E-state index in [9.17, 15) is 8.42 Å². The van der Waals surface area contributed by atoms with Crippen LogP contribution < -0.4 is 10.6 Å². The van der Waals surface area contributed by atoms with E-state index < -0.39 is 9.84 Å². The van der Waals surface area contributed by atoms with Crippen molar-refractivity contribution in [1.82, 2.24) is 0 Å². The lowest BCUT2D eigenvalue weighted by molar-refractivity contribution is 0.596. The summed E-state index contributed by atoms with van der Waals surface area (Å²) < 4.78 is 25.6. The first-order chi connectivity index (χ1) is 8.41. The van der Waals surface area contributed by atoms with Gasteiger partial charge in [-0.05, 0) is 47.0 Å². The van der Waals surface area contributed by atoms with Crippen molar-refractivity contribution >= 4 is 54.9 Å². The predicted octanol–water partition coefficient (Wildman–Crippen LogP) is 2.28. The van der Waals surface area contributed by atoms with Gasteiger partial charge in [-0.15, -0.1) is 18.5 Å². The third-order valence-corrected chi connectivity index (χ3v) is 6.15. The molecule has 0 aliphatic rings. The van der Waals surface area contributed by atoms with E-state index in [-0.39, 0.29) is 0 Å². The van der Waals surface area contributed by atoms with Crippen LogP contribution in [-0.2, 0) is 9.84 Å². The minimum absolute atomic E-state index is 0.298. The molecule has 0 bridgehead atoms. The van der Waals surface area contributed by atoms with Crippen LogP contribution in [0.3, 0.4) is 0 Å². The summed E-state index contributed by atoms with van der Waals surface area (Å²) >= 11 is 3.29. The summed E-state index contributed by atoms with van der Waals surface area (Å²) in [6.45, 7) is 0. The van der Waals surface area contributed by atoms with Crippen molar-refractivity contribution in [2.24, 2.45) is 0 Å². The van der Waals surface area contributed by atoms with Crippen LogP contribution in [0.5, 0.6) is 0 Å². The number of hydrogen-bond donors (Lipinski definition) is 0. The van der Waals surface area contributed by atoms with Crippen LogP contribution in [0.25, 0.3) is 0 Å². The fourth-order valence-corrected chi connectivity index (χ4v) is 3.61. The Morgan fingerprint density at radius 2 is 1.39 bits per heavy atom. The number of rotatable bonds is 2. The molecule has 0 fully saturated rings. The largest absolute Gasteiger partial charge is 0.219 e. The Bertz CT molecular complexity index is 682. The van der Waals surface area contributed by atoms with Gasteiger partial charge in [0.25, 0.3) is 0 Å². The SMILES string of the molecule is O=S(=O)(c1ccc(Br)cc1)c1ccc(P)c(P)c1. The minimum Gasteiger partial charge on any atom is -0.219 e. The van der Waals surface area contributed by atoms with Crippen molar-refractivity contribution in [2.75, 3.05) is 0 Å². The average Bonchev–Trinajstić information content (AvgIpc) is 2.33. The normalized spacial score (nSPS) is 11.5. The van der Waals surface area contributed by atoms with Gasteiger partial charge in [-0.1, -0.05) is 22.0 Å². The van der Waals surface area contributed by atoms with Crippen LogP contribution in [0.4, 0.5) is 0 Å². The van der Waals surface area contributed by atoms with E-state index in [4.69, 9.17) is 0 Å². The molecule has 2 rings (SSSR count). The van der Waals surface area contributed by atoms with E-state index in [1.807, 2.05) is 0 Å². The third kappa shape index (κ3) is 2.83. The second kappa shape index (κ2) is 5.38. The molecule has 0 aliphatic heterocycles. The van der Waals surface area contributed by atoms with Gasteiger partial charge in [0.15, 0.2) is 0 Å². The van der Waals surface area contributed by atoms with E-state index in [0.717, 1.165) is 15.1 Å². The molecule has 0 saturated carbocycles. The summed E-state index contributed by atoms with van der Waals surface area (Å²) in [5.41, 5.74) is 0. The van der Waals surface area contributed by atoms with Crippen molar-refractivity contribution in [3.05, 3.63) is 46.9 Å². The molecule has 2 atom stereocenters. The number of hydrogen-bond acceptors (Lipinski definition) is 2. The van der Waals surface area contributed by atoms with Gasteiger partial charge in [0.1, 0.15) is 0 Å². The zero-order valence-electron chi connectivity index (χ0n) is 9.30. The Labute approximate surface area is 120 Å². The number of halogens is 1. The third-order valence-electron chi connectivity index (χ3n) is 2.49. The lowest BCUT2D eigenvalue weighted by atomic mass is 10.4. The zero-order valence-corrected chi connectivity index (χ0v) is 14.0. The van der Waals surface area contributed by atoms with Gasteiger partial charge in [-0.2, -0.15) is 0 Å². The minimum atomic E-state index is -3.44. The maximum absolute atomic E-state index is 12.4.